The predicted molar refractivity (Wildman–Crippen MR) is 58.5 cm³/mol. The molecule has 4 atom stereocenters. The van der Waals surface area contributed by atoms with Crippen LogP contribution >= 0.6 is 0 Å². The molecule has 0 aliphatic heterocycles. The van der Waals surface area contributed by atoms with Gasteiger partial charge in [0.2, 0.25) is 0 Å². The molecule has 0 amide bonds. The van der Waals surface area contributed by atoms with Crippen LogP contribution in [-0.2, 0) is 9.53 Å². The minimum absolute atomic E-state index is 0.155. The van der Waals surface area contributed by atoms with Crippen LogP contribution in [0.15, 0.2) is 12.2 Å². The fourth-order valence-corrected chi connectivity index (χ4v) is 3.78. The quantitative estimate of drug-likeness (QED) is 0.581. The fourth-order valence-electron chi connectivity index (χ4n) is 3.78. The zero-order valence-electron chi connectivity index (χ0n) is 9.56. The molecule has 1 N–H and O–H groups in total. The Bertz CT molecular complexity index is 343. The summed E-state index contributed by atoms with van der Waals surface area (Å²) in [5.41, 5.74) is -0.155. The molecule has 2 bridgehead atoms. The second-order valence-electron chi connectivity index (χ2n) is 5.55. The number of ether oxygens (including phenoxy) is 1. The maximum absolute atomic E-state index is 11.5. The second-order valence-corrected chi connectivity index (χ2v) is 5.55. The Morgan fingerprint density at radius 1 is 1.44 bits per heavy atom. The molecule has 2 fully saturated rings. The highest BCUT2D eigenvalue weighted by Gasteiger charge is 2.61. The van der Waals surface area contributed by atoms with E-state index in [1.54, 1.807) is 0 Å². The van der Waals surface area contributed by atoms with Crippen LogP contribution in [0, 0.1) is 23.2 Å². The number of esters is 1. The molecule has 3 aliphatic rings. The lowest BCUT2D eigenvalue weighted by atomic mass is 9.76. The summed E-state index contributed by atoms with van der Waals surface area (Å²) in [5.74, 6) is 1.32. The number of aliphatic hydroxyl groups excluding tert-OH is 1. The first-order valence-electron chi connectivity index (χ1n) is 6.11. The molecule has 0 aromatic rings. The van der Waals surface area contributed by atoms with Gasteiger partial charge in [0.05, 0.1) is 7.11 Å². The lowest BCUT2D eigenvalue weighted by Gasteiger charge is -2.31. The number of aliphatic hydroxyl groups is 1. The van der Waals surface area contributed by atoms with Crippen LogP contribution < -0.4 is 0 Å². The zero-order chi connectivity index (χ0) is 11.3. The van der Waals surface area contributed by atoms with Crippen LogP contribution in [0.2, 0.25) is 0 Å². The molecule has 2 saturated carbocycles. The molecule has 0 spiro atoms. The van der Waals surface area contributed by atoms with Crippen LogP contribution in [0.4, 0.5) is 0 Å². The van der Waals surface area contributed by atoms with Gasteiger partial charge in [0, 0.05) is 5.41 Å². The van der Waals surface area contributed by atoms with Gasteiger partial charge in [0.1, 0.15) is 0 Å². The third-order valence-electron chi connectivity index (χ3n) is 4.81. The maximum atomic E-state index is 11.5. The van der Waals surface area contributed by atoms with E-state index in [4.69, 9.17) is 0 Å². The maximum Gasteiger partial charge on any atom is 0.335 e. The van der Waals surface area contributed by atoms with E-state index in [2.05, 4.69) is 16.9 Å². The van der Waals surface area contributed by atoms with Gasteiger partial charge in [-0.15, -0.1) is 0 Å². The van der Waals surface area contributed by atoms with Crippen molar-refractivity contribution in [3.8, 4) is 0 Å². The van der Waals surface area contributed by atoms with Crippen molar-refractivity contribution >= 4 is 5.97 Å². The number of rotatable bonds is 3. The van der Waals surface area contributed by atoms with E-state index in [0.717, 1.165) is 19.3 Å². The number of carbonyl (C=O) groups excluding carboxylic acids is 1. The zero-order valence-corrected chi connectivity index (χ0v) is 9.56. The van der Waals surface area contributed by atoms with Gasteiger partial charge in [-0.1, -0.05) is 12.2 Å². The molecule has 0 aromatic heterocycles. The van der Waals surface area contributed by atoms with E-state index in [1.807, 2.05) is 0 Å². The number of carbonyl (C=O) groups is 1. The summed E-state index contributed by atoms with van der Waals surface area (Å²) in [5, 5.41) is 10.1. The Kier molecular flexibility index (Phi) is 2.15. The van der Waals surface area contributed by atoms with Gasteiger partial charge >= 0.3 is 5.97 Å². The minimum atomic E-state index is -0.907. The van der Waals surface area contributed by atoms with Crippen LogP contribution in [0.25, 0.3) is 0 Å². The predicted octanol–water partition coefficient (Wildman–Crippen LogP) is 1.51. The Balaban J connectivity index is 1.79. The highest BCUT2D eigenvalue weighted by Crippen LogP contribution is 2.63. The van der Waals surface area contributed by atoms with Gasteiger partial charge < -0.3 is 9.84 Å². The topological polar surface area (TPSA) is 46.5 Å². The van der Waals surface area contributed by atoms with E-state index in [1.165, 1.54) is 13.5 Å². The van der Waals surface area contributed by atoms with Crippen molar-refractivity contribution in [2.24, 2.45) is 23.2 Å². The lowest BCUT2D eigenvalue weighted by molar-refractivity contribution is -0.156. The minimum Gasteiger partial charge on any atom is -0.467 e. The van der Waals surface area contributed by atoms with Crippen LogP contribution in [-0.4, -0.2) is 24.3 Å². The number of hydrogen-bond acceptors (Lipinski definition) is 3. The number of fused-ring (bicyclic) bond motifs is 2. The van der Waals surface area contributed by atoms with Crippen molar-refractivity contribution in [3.63, 3.8) is 0 Å². The molecule has 4 unspecified atom stereocenters. The second kappa shape index (κ2) is 3.33. The molecular formula is C13H18O3. The first-order chi connectivity index (χ1) is 7.67. The van der Waals surface area contributed by atoms with Crippen molar-refractivity contribution in [3.05, 3.63) is 12.2 Å². The molecule has 0 saturated heterocycles. The highest BCUT2D eigenvalue weighted by atomic mass is 16.5. The van der Waals surface area contributed by atoms with Crippen molar-refractivity contribution in [2.75, 3.05) is 7.11 Å². The number of allylic oxidation sites excluding steroid dienone is 2. The summed E-state index contributed by atoms with van der Waals surface area (Å²) in [4.78, 5) is 11.5. The smallest absolute Gasteiger partial charge is 0.335 e. The monoisotopic (exact) mass is 222 g/mol. The van der Waals surface area contributed by atoms with E-state index in [9.17, 15) is 9.90 Å². The van der Waals surface area contributed by atoms with Crippen molar-refractivity contribution < 1.29 is 14.6 Å². The third-order valence-corrected chi connectivity index (χ3v) is 4.81. The fraction of sp³-hybridized carbons (Fsp3) is 0.769. The molecule has 3 aliphatic carbocycles. The van der Waals surface area contributed by atoms with Crippen molar-refractivity contribution in [2.45, 2.75) is 31.8 Å². The highest BCUT2D eigenvalue weighted by molar-refractivity contribution is 5.76. The summed E-state index contributed by atoms with van der Waals surface area (Å²) >= 11 is 0. The van der Waals surface area contributed by atoms with Gasteiger partial charge in [-0.05, 0) is 43.4 Å². The molecule has 3 heteroatoms. The Labute approximate surface area is 95.5 Å². The molecule has 3 nitrogen and oxygen atoms in total. The van der Waals surface area contributed by atoms with Gasteiger partial charge in [-0.2, -0.15) is 0 Å². The van der Waals surface area contributed by atoms with E-state index in [0.29, 0.717) is 17.8 Å². The van der Waals surface area contributed by atoms with Gasteiger partial charge in [0.15, 0.2) is 6.10 Å². The van der Waals surface area contributed by atoms with Gasteiger partial charge in [0.25, 0.3) is 0 Å². The molecule has 16 heavy (non-hydrogen) atoms. The lowest BCUT2D eigenvalue weighted by Crippen LogP contribution is -2.38. The Morgan fingerprint density at radius 3 is 2.62 bits per heavy atom. The van der Waals surface area contributed by atoms with Crippen LogP contribution in [0.5, 0.6) is 0 Å². The summed E-state index contributed by atoms with van der Waals surface area (Å²) in [6, 6.07) is 0. The van der Waals surface area contributed by atoms with Crippen LogP contribution in [0.3, 0.4) is 0 Å². The third kappa shape index (κ3) is 1.27. The normalized spacial score (nSPS) is 39.8. The molecule has 0 aromatic carbocycles. The van der Waals surface area contributed by atoms with Crippen LogP contribution in [0.1, 0.15) is 25.7 Å². The summed E-state index contributed by atoms with van der Waals surface area (Å²) < 4.78 is 4.67. The van der Waals surface area contributed by atoms with E-state index >= 15 is 0 Å². The van der Waals surface area contributed by atoms with E-state index in [-0.39, 0.29) is 5.41 Å². The molecule has 3 rings (SSSR count). The van der Waals surface area contributed by atoms with Gasteiger partial charge in [-0.25, -0.2) is 4.79 Å². The standard InChI is InChI=1S/C13H18O3/c1-16-12(15)11(14)13(4-5-13)10-7-8-2-3-9(10)6-8/h2-3,8-11,14H,4-7H2,1H3. The molecule has 0 radical (unpaired) electrons. The average molecular weight is 222 g/mol. The summed E-state index contributed by atoms with van der Waals surface area (Å²) in [6.07, 6.45) is 7.99. The first kappa shape index (κ1) is 10.3. The first-order valence-corrected chi connectivity index (χ1v) is 6.11. The summed E-state index contributed by atoms with van der Waals surface area (Å²) in [7, 11) is 1.35. The Hall–Kier alpha value is -0.830. The Morgan fingerprint density at radius 2 is 2.19 bits per heavy atom. The molecular weight excluding hydrogens is 204 g/mol. The molecule has 0 heterocycles. The SMILES string of the molecule is COC(=O)C(O)C1(C2CC3C=CC2C3)CC1. The number of methoxy groups -OCH3 is 1. The van der Waals surface area contributed by atoms with Gasteiger partial charge in [-0.3, -0.25) is 0 Å². The number of hydrogen-bond donors (Lipinski definition) is 1. The average Bonchev–Trinajstić information content (AvgIpc) is 2.84. The molecule has 88 valence electrons. The largest absolute Gasteiger partial charge is 0.467 e. The van der Waals surface area contributed by atoms with Crippen molar-refractivity contribution in [1.82, 2.24) is 0 Å². The van der Waals surface area contributed by atoms with Crippen molar-refractivity contribution in [1.29, 1.82) is 0 Å². The summed E-state index contributed by atoms with van der Waals surface area (Å²) in [6.45, 7) is 0. The van der Waals surface area contributed by atoms with E-state index < -0.39 is 12.1 Å².